The van der Waals surface area contributed by atoms with Crippen molar-refractivity contribution in [3.8, 4) is 0 Å². The van der Waals surface area contributed by atoms with Gasteiger partial charge in [0.25, 0.3) is 0 Å². The predicted octanol–water partition coefficient (Wildman–Crippen LogP) is 1.86. The van der Waals surface area contributed by atoms with Crippen molar-refractivity contribution in [2.75, 3.05) is 5.75 Å². The van der Waals surface area contributed by atoms with Crippen molar-refractivity contribution in [2.24, 2.45) is 0 Å². The predicted molar refractivity (Wildman–Crippen MR) is 78.1 cm³/mol. The lowest BCUT2D eigenvalue weighted by Gasteiger charge is -2.25. The first kappa shape index (κ1) is 14.6. The lowest BCUT2D eigenvalue weighted by Crippen LogP contribution is -2.44. The van der Waals surface area contributed by atoms with Crippen molar-refractivity contribution in [3.63, 3.8) is 0 Å². The van der Waals surface area contributed by atoms with Gasteiger partial charge in [-0.25, -0.2) is 4.79 Å². The molecular weight excluding hydrogens is 276 g/mol. The lowest BCUT2D eigenvalue weighted by atomic mass is 10.2. The monoisotopic (exact) mass is 292 g/mol. The zero-order chi connectivity index (χ0) is 14.5. The molecule has 0 bridgehead atoms. The average Bonchev–Trinajstić information content (AvgIpc) is 2.90. The summed E-state index contributed by atoms with van der Waals surface area (Å²) in [6.45, 7) is 1.95. The first-order chi connectivity index (χ1) is 9.63. The van der Waals surface area contributed by atoms with Crippen LogP contribution in [0, 0.1) is 0 Å². The Morgan fingerprint density at radius 2 is 2.40 bits per heavy atom. The minimum atomic E-state index is -0.948. The highest BCUT2D eigenvalue weighted by atomic mass is 32.2. The molecule has 0 aliphatic carbocycles. The summed E-state index contributed by atoms with van der Waals surface area (Å²) < 4.78 is 0. The molecular formula is C14H16N2O3S. The molecule has 1 amide bonds. The van der Waals surface area contributed by atoms with Crippen LogP contribution in [0.25, 0.3) is 6.08 Å². The van der Waals surface area contributed by atoms with Crippen LogP contribution in [0.5, 0.6) is 0 Å². The molecule has 2 heterocycles. The maximum absolute atomic E-state index is 12.2. The van der Waals surface area contributed by atoms with Gasteiger partial charge < -0.3 is 10.0 Å². The SMILES string of the molecule is CCC1SCC(C(=O)O)N1C(=O)C=Cc1cccnc1. The Balaban J connectivity index is 2.13. The Morgan fingerprint density at radius 1 is 1.60 bits per heavy atom. The molecule has 106 valence electrons. The fourth-order valence-electron chi connectivity index (χ4n) is 2.09. The Kier molecular flexibility index (Phi) is 4.79. The zero-order valence-corrected chi connectivity index (χ0v) is 11.9. The van der Waals surface area contributed by atoms with E-state index in [9.17, 15) is 14.7 Å². The number of carbonyl (C=O) groups excluding carboxylic acids is 1. The lowest BCUT2D eigenvalue weighted by molar-refractivity contribution is -0.147. The van der Waals surface area contributed by atoms with E-state index in [1.165, 1.54) is 22.7 Å². The Morgan fingerprint density at radius 3 is 3.00 bits per heavy atom. The highest BCUT2D eigenvalue weighted by Crippen LogP contribution is 2.31. The van der Waals surface area contributed by atoms with Crippen molar-refractivity contribution in [1.29, 1.82) is 0 Å². The number of carboxylic acid groups (broad SMARTS) is 1. The third-order valence-corrected chi connectivity index (χ3v) is 4.54. The van der Waals surface area contributed by atoms with Crippen molar-refractivity contribution in [3.05, 3.63) is 36.2 Å². The minimum absolute atomic E-state index is 0.0675. The number of aromatic nitrogens is 1. The molecule has 1 aromatic rings. The van der Waals surface area contributed by atoms with Crippen LogP contribution in [0.2, 0.25) is 0 Å². The van der Waals surface area contributed by atoms with Gasteiger partial charge in [0.2, 0.25) is 5.91 Å². The second-order valence-corrected chi connectivity index (χ2v) is 5.63. The highest BCUT2D eigenvalue weighted by Gasteiger charge is 2.39. The summed E-state index contributed by atoms with van der Waals surface area (Å²) in [6.07, 6.45) is 7.12. The van der Waals surface area contributed by atoms with Crippen LogP contribution in [0.3, 0.4) is 0 Å². The summed E-state index contributed by atoms with van der Waals surface area (Å²) >= 11 is 1.51. The summed E-state index contributed by atoms with van der Waals surface area (Å²) in [7, 11) is 0. The van der Waals surface area contributed by atoms with Crippen molar-refractivity contribution in [1.82, 2.24) is 9.88 Å². The molecule has 2 rings (SSSR count). The molecule has 1 aromatic heterocycles. The largest absolute Gasteiger partial charge is 0.480 e. The molecule has 20 heavy (non-hydrogen) atoms. The van der Waals surface area contributed by atoms with E-state index < -0.39 is 12.0 Å². The first-order valence-electron chi connectivity index (χ1n) is 6.38. The van der Waals surface area contributed by atoms with Gasteiger partial charge in [-0.1, -0.05) is 13.0 Å². The number of rotatable bonds is 4. The number of pyridine rings is 1. The van der Waals surface area contributed by atoms with E-state index in [0.717, 1.165) is 12.0 Å². The fraction of sp³-hybridized carbons (Fsp3) is 0.357. The maximum atomic E-state index is 12.2. The second-order valence-electron chi connectivity index (χ2n) is 4.42. The molecule has 1 N–H and O–H groups in total. The minimum Gasteiger partial charge on any atom is -0.480 e. The van der Waals surface area contributed by atoms with E-state index in [0.29, 0.717) is 5.75 Å². The molecule has 0 saturated carbocycles. The van der Waals surface area contributed by atoms with Crippen LogP contribution in [0.1, 0.15) is 18.9 Å². The number of hydrogen-bond acceptors (Lipinski definition) is 4. The number of carboxylic acids is 1. The molecule has 1 aliphatic rings. The molecule has 0 spiro atoms. The number of thioether (sulfide) groups is 1. The number of hydrogen-bond donors (Lipinski definition) is 1. The van der Waals surface area contributed by atoms with Gasteiger partial charge in [-0.15, -0.1) is 11.8 Å². The van der Waals surface area contributed by atoms with Crippen LogP contribution in [-0.2, 0) is 9.59 Å². The van der Waals surface area contributed by atoms with E-state index in [1.807, 2.05) is 13.0 Å². The highest BCUT2D eigenvalue weighted by molar-refractivity contribution is 8.00. The van der Waals surface area contributed by atoms with Crippen LogP contribution in [0.4, 0.5) is 0 Å². The maximum Gasteiger partial charge on any atom is 0.327 e. The van der Waals surface area contributed by atoms with Crippen molar-refractivity contribution < 1.29 is 14.7 Å². The van der Waals surface area contributed by atoms with Crippen LogP contribution in [0.15, 0.2) is 30.6 Å². The van der Waals surface area contributed by atoms with Gasteiger partial charge in [0.15, 0.2) is 0 Å². The van der Waals surface area contributed by atoms with Crippen molar-refractivity contribution in [2.45, 2.75) is 24.8 Å². The third kappa shape index (κ3) is 3.19. The van der Waals surface area contributed by atoms with Gasteiger partial charge in [0.05, 0.1) is 5.37 Å². The van der Waals surface area contributed by atoms with Crippen molar-refractivity contribution >= 4 is 29.7 Å². The standard InChI is InChI=1S/C14H16N2O3S/c1-2-13-16(11(9-20-13)14(18)19)12(17)6-5-10-4-3-7-15-8-10/h3-8,11,13H,2,9H2,1H3,(H,18,19). The van der Waals surface area contributed by atoms with E-state index in [-0.39, 0.29) is 11.3 Å². The van der Waals surface area contributed by atoms with Crippen LogP contribution < -0.4 is 0 Å². The normalized spacial score (nSPS) is 22.4. The molecule has 5 nitrogen and oxygen atoms in total. The van der Waals surface area contributed by atoms with E-state index in [2.05, 4.69) is 4.98 Å². The topological polar surface area (TPSA) is 70.5 Å². The number of aliphatic carboxylic acids is 1. The molecule has 1 saturated heterocycles. The Bertz CT molecular complexity index is 518. The molecule has 0 aromatic carbocycles. The van der Waals surface area contributed by atoms with Crippen LogP contribution >= 0.6 is 11.8 Å². The average molecular weight is 292 g/mol. The van der Waals surface area contributed by atoms with Gasteiger partial charge in [-0.3, -0.25) is 9.78 Å². The number of carbonyl (C=O) groups is 2. The smallest absolute Gasteiger partial charge is 0.327 e. The quantitative estimate of drug-likeness (QED) is 0.858. The Hall–Kier alpha value is -1.82. The summed E-state index contributed by atoms with van der Waals surface area (Å²) in [6, 6.07) is 2.88. The third-order valence-electron chi connectivity index (χ3n) is 3.08. The fourth-order valence-corrected chi connectivity index (χ4v) is 3.45. The first-order valence-corrected chi connectivity index (χ1v) is 7.43. The molecule has 2 unspecified atom stereocenters. The summed E-state index contributed by atoms with van der Waals surface area (Å²) in [4.78, 5) is 28.9. The van der Waals surface area contributed by atoms with E-state index >= 15 is 0 Å². The summed E-state index contributed by atoms with van der Waals surface area (Å²) in [5.41, 5.74) is 0.813. The van der Waals surface area contributed by atoms with Crippen LogP contribution in [-0.4, -0.2) is 44.0 Å². The molecule has 6 heteroatoms. The summed E-state index contributed by atoms with van der Waals surface area (Å²) in [5.74, 6) is -0.769. The molecule has 1 aliphatic heterocycles. The van der Waals surface area contributed by atoms with Gasteiger partial charge in [-0.05, 0) is 24.1 Å². The van der Waals surface area contributed by atoms with Gasteiger partial charge >= 0.3 is 5.97 Å². The van der Waals surface area contributed by atoms with E-state index in [4.69, 9.17) is 0 Å². The molecule has 2 atom stereocenters. The number of nitrogens with zero attached hydrogens (tertiary/aromatic N) is 2. The summed E-state index contributed by atoms with van der Waals surface area (Å²) in [5, 5.41) is 9.12. The number of amides is 1. The molecule has 0 radical (unpaired) electrons. The Labute approximate surface area is 121 Å². The molecule has 1 fully saturated rings. The van der Waals surface area contributed by atoms with Gasteiger partial charge in [-0.2, -0.15) is 0 Å². The second kappa shape index (κ2) is 6.56. The van der Waals surface area contributed by atoms with Gasteiger partial charge in [0, 0.05) is 24.2 Å². The van der Waals surface area contributed by atoms with E-state index in [1.54, 1.807) is 24.5 Å². The van der Waals surface area contributed by atoms with Gasteiger partial charge in [0.1, 0.15) is 6.04 Å². The zero-order valence-electron chi connectivity index (χ0n) is 11.1.